The Morgan fingerprint density at radius 1 is 1.43 bits per heavy atom. The van der Waals surface area contributed by atoms with Crippen molar-refractivity contribution in [2.75, 3.05) is 0 Å². The maximum Gasteiger partial charge on any atom is 0.178 e. The van der Waals surface area contributed by atoms with E-state index in [-0.39, 0.29) is 5.78 Å². The Labute approximate surface area is 97.6 Å². The second-order valence-corrected chi connectivity index (χ2v) is 6.16. The molecule has 0 N–H and O–H groups in total. The van der Waals surface area contributed by atoms with Crippen LogP contribution in [0.4, 0.5) is 0 Å². The highest BCUT2D eigenvalue weighted by Gasteiger charge is 2.24. The van der Waals surface area contributed by atoms with E-state index in [2.05, 4.69) is 15.9 Å². The summed E-state index contributed by atoms with van der Waals surface area (Å²) < 4.78 is -0.521. The number of alkyl halides is 1. The first kappa shape index (κ1) is 11.7. The molecule has 0 radical (unpaired) electrons. The summed E-state index contributed by atoms with van der Waals surface area (Å²) in [6.45, 7) is 5.55. The molecular formula is C11H12BrClO. The van der Waals surface area contributed by atoms with Gasteiger partial charge >= 0.3 is 0 Å². The lowest BCUT2D eigenvalue weighted by atomic mass is 9.99. The van der Waals surface area contributed by atoms with E-state index >= 15 is 0 Å². The van der Waals surface area contributed by atoms with Gasteiger partial charge < -0.3 is 0 Å². The van der Waals surface area contributed by atoms with Crippen LogP contribution in [0.2, 0.25) is 5.02 Å². The van der Waals surface area contributed by atoms with Gasteiger partial charge in [-0.05, 0) is 44.5 Å². The fraction of sp³-hybridized carbons (Fsp3) is 0.364. The SMILES string of the molecule is Cc1cc(C(=O)C(C)(C)Br)ccc1Cl. The lowest BCUT2D eigenvalue weighted by Gasteiger charge is -2.14. The van der Waals surface area contributed by atoms with E-state index in [4.69, 9.17) is 11.6 Å². The van der Waals surface area contributed by atoms with Gasteiger partial charge in [-0.25, -0.2) is 0 Å². The number of Topliss-reactive ketones (excluding diaryl/α,β-unsaturated/α-hetero) is 1. The molecule has 14 heavy (non-hydrogen) atoms. The van der Waals surface area contributed by atoms with Crippen LogP contribution >= 0.6 is 27.5 Å². The van der Waals surface area contributed by atoms with Gasteiger partial charge in [-0.2, -0.15) is 0 Å². The molecule has 76 valence electrons. The van der Waals surface area contributed by atoms with Gasteiger partial charge in [0.05, 0.1) is 4.32 Å². The minimum absolute atomic E-state index is 0.0669. The summed E-state index contributed by atoms with van der Waals surface area (Å²) >= 11 is 9.22. The highest BCUT2D eigenvalue weighted by molar-refractivity contribution is 9.10. The molecular weight excluding hydrogens is 263 g/mol. The van der Waals surface area contributed by atoms with Crippen LogP contribution in [-0.4, -0.2) is 10.1 Å². The van der Waals surface area contributed by atoms with Gasteiger partial charge in [0.25, 0.3) is 0 Å². The minimum atomic E-state index is -0.521. The molecule has 1 rings (SSSR count). The highest BCUT2D eigenvalue weighted by atomic mass is 79.9. The third-order valence-electron chi connectivity index (χ3n) is 1.96. The first-order valence-electron chi connectivity index (χ1n) is 4.32. The van der Waals surface area contributed by atoms with Crippen LogP contribution in [0.3, 0.4) is 0 Å². The molecule has 1 aromatic rings. The Hall–Kier alpha value is -0.340. The minimum Gasteiger partial charge on any atom is -0.293 e. The monoisotopic (exact) mass is 274 g/mol. The van der Waals surface area contributed by atoms with E-state index in [9.17, 15) is 4.79 Å². The van der Waals surface area contributed by atoms with Crippen LogP contribution in [0.25, 0.3) is 0 Å². The Kier molecular flexibility index (Phi) is 3.38. The second kappa shape index (κ2) is 4.03. The van der Waals surface area contributed by atoms with Crippen molar-refractivity contribution in [2.45, 2.75) is 25.1 Å². The largest absolute Gasteiger partial charge is 0.293 e. The summed E-state index contributed by atoms with van der Waals surface area (Å²) in [7, 11) is 0. The molecule has 0 spiro atoms. The van der Waals surface area contributed by atoms with E-state index in [0.29, 0.717) is 10.6 Å². The van der Waals surface area contributed by atoms with Crippen LogP contribution in [0.1, 0.15) is 29.8 Å². The number of hydrogen-bond donors (Lipinski definition) is 0. The number of aryl methyl sites for hydroxylation is 1. The predicted molar refractivity (Wildman–Crippen MR) is 63.5 cm³/mol. The number of carbonyl (C=O) groups excluding carboxylic acids is 1. The Morgan fingerprint density at radius 2 is 2.00 bits per heavy atom. The van der Waals surface area contributed by atoms with Gasteiger partial charge in [0.15, 0.2) is 5.78 Å². The quantitative estimate of drug-likeness (QED) is 0.589. The Balaban J connectivity index is 3.10. The number of hydrogen-bond acceptors (Lipinski definition) is 1. The normalized spacial score (nSPS) is 11.5. The predicted octanol–water partition coefficient (Wildman–Crippen LogP) is 4.00. The van der Waals surface area contributed by atoms with E-state index < -0.39 is 4.32 Å². The molecule has 3 heteroatoms. The fourth-order valence-electron chi connectivity index (χ4n) is 1.13. The molecule has 1 nitrogen and oxygen atoms in total. The van der Waals surface area contributed by atoms with E-state index in [1.165, 1.54) is 0 Å². The maximum atomic E-state index is 11.8. The van der Waals surface area contributed by atoms with Crippen molar-refractivity contribution >= 4 is 33.3 Å². The summed E-state index contributed by atoms with van der Waals surface area (Å²) in [4.78, 5) is 11.8. The van der Waals surface area contributed by atoms with Gasteiger partial charge in [0.1, 0.15) is 0 Å². The topological polar surface area (TPSA) is 17.1 Å². The van der Waals surface area contributed by atoms with E-state index in [1.54, 1.807) is 12.1 Å². The molecule has 1 aromatic carbocycles. The van der Waals surface area contributed by atoms with Crippen LogP contribution in [0.5, 0.6) is 0 Å². The van der Waals surface area contributed by atoms with Crippen molar-refractivity contribution in [3.05, 3.63) is 34.3 Å². The maximum absolute atomic E-state index is 11.8. The zero-order valence-electron chi connectivity index (χ0n) is 8.40. The van der Waals surface area contributed by atoms with Crippen LogP contribution < -0.4 is 0 Å². The zero-order valence-corrected chi connectivity index (χ0v) is 10.7. The van der Waals surface area contributed by atoms with Crippen molar-refractivity contribution in [3.8, 4) is 0 Å². The molecule has 0 atom stereocenters. The molecule has 0 fully saturated rings. The van der Waals surface area contributed by atoms with Gasteiger partial charge in [0.2, 0.25) is 0 Å². The molecule has 0 heterocycles. The zero-order chi connectivity index (χ0) is 10.9. The summed E-state index contributed by atoms with van der Waals surface area (Å²) in [5, 5.41) is 0.689. The van der Waals surface area contributed by atoms with Gasteiger partial charge in [-0.15, -0.1) is 0 Å². The molecule has 0 unspecified atom stereocenters. The van der Waals surface area contributed by atoms with Crippen LogP contribution in [-0.2, 0) is 0 Å². The number of carbonyl (C=O) groups is 1. The summed E-state index contributed by atoms with van der Waals surface area (Å²) in [5.41, 5.74) is 1.61. The van der Waals surface area contributed by atoms with Gasteiger partial charge in [-0.3, -0.25) is 4.79 Å². The van der Waals surface area contributed by atoms with Crippen LogP contribution in [0.15, 0.2) is 18.2 Å². The average Bonchev–Trinajstić information content (AvgIpc) is 2.07. The lowest BCUT2D eigenvalue weighted by Crippen LogP contribution is -2.24. The summed E-state index contributed by atoms with van der Waals surface area (Å²) in [6, 6.07) is 5.32. The smallest absolute Gasteiger partial charge is 0.178 e. The first-order valence-corrected chi connectivity index (χ1v) is 5.49. The molecule has 0 saturated heterocycles. The van der Waals surface area contributed by atoms with Crippen molar-refractivity contribution < 1.29 is 4.79 Å². The van der Waals surface area contributed by atoms with E-state index in [1.807, 2.05) is 26.8 Å². The average molecular weight is 276 g/mol. The molecule has 0 aliphatic carbocycles. The van der Waals surface area contributed by atoms with Crippen molar-refractivity contribution in [1.82, 2.24) is 0 Å². The third kappa shape index (κ3) is 2.58. The number of rotatable bonds is 2. The summed E-state index contributed by atoms with van der Waals surface area (Å²) in [5.74, 6) is 0.0669. The molecule has 0 saturated carbocycles. The molecule has 0 bridgehead atoms. The molecule has 0 aliphatic rings. The number of benzene rings is 1. The van der Waals surface area contributed by atoms with Gasteiger partial charge in [-0.1, -0.05) is 27.5 Å². The standard InChI is InChI=1S/C11H12BrClO/c1-7-6-8(4-5-9(7)13)10(14)11(2,3)12/h4-6H,1-3H3. The first-order chi connectivity index (χ1) is 6.32. The second-order valence-electron chi connectivity index (χ2n) is 3.77. The lowest BCUT2D eigenvalue weighted by molar-refractivity contribution is 0.0961. The van der Waals surface area contributed by atoms with Crippen molar-refractivity contribution in [2.24, 2.45) is 0 Å². The number of halogens is 2. The van der Waals surface area contributed by atoms with Crippen molar-refractivity contribution in [3.63, 3.8) is 0 Å². The molecule has 0 aliphatic heterocycles. The number of ketones is 1. The van der Waals surface area contributed by atoms with Crippen LogP contribution in [0, 0.1) is 6.92 Å². The fourth-order valence-corrected chi connectivity index (χ4v) is 1.48. The molecule has 0 amide bonds. The summed E-state index contributed by atoms with van der Waals surface area (Å²) in [6.07, 6.45) is 0. The third-order valence-corrected chi connectivity index (χ3v) is 2.74. The van der Waals surface area contributed by atoms with Gasteiger partial charge in [0, 0.05) is 10.6 Å². The highest BCUT2D eigenvalue weighted by Crippen LogP contribution is 2.24. The van der Waals surface area contributed by atoms with E-state index in [0.717, 1.165) is 5.56 Å². The molecule has 0 aromatic heterocycles. The Bertz CT molecular complexity index is 366. The Morgan fingerprint density at radius 3 is 2.43 bits per heavy atom. The van der Waals surface area contributed by atoms with Crippen molar-refractivity contribution in [1.29, 1.82) is 0 Å².